The maximum atomic E-state index is 10.1. The van der Waals surface area contributed by atoms with E-state index in [1.807, 2.05) is 62.4 Å². The second-order valence-corrected chi connectivity index (χ2v) is 4.43. The van der Waals surface area contributed by atoms with E-state index in [0.29, 0.717) is 0 Å². The molecule has 0 aliphatic carbocycles. The minimum atomic E-state index is 0.737. The summed E-state index contributed by atoms with van der Waals surface area (Å²) in [4.78, 5) is 20.1. The molecule has 0 aromatic heterocycles. The number of aldehydes is 2. The number of aryl methyl sites for hydroxylation is 2. The minimum absolute atomic E-state index is 0.737. The fourth-order valence-corrected chi connectivity index (χ4v) is 1.47. The first-order valence-electron chi connectivity index (χ1n) is 6.36. The predicted molar refractivity (Wildman–Crippen MR) is 82.8 cm³/mol. The molecule has 0 atom stereocenters. The molecule has 0 amide bonds. The molecule has 2 rings (SSSR count). The molecule has 0 radical (unpaired) electrons. The number of allylic oxidation sites excluding steroid dienone is 1. The maximum Gasteiger partial charge on any atom is 0.150 e. The van der Waals surface area contributed by atoms with E-state index in [9.17, 15) is 9.59 Å². The van der Waals surface area contributed by atoms with Gasteiger partial charge in [-0.2, -0.15) is 0 Å². The van der Waals surface area contributed by atoms with Gasteiger partial charge in [-0.25, -0.2) is 0 Å². The quantitative estimate of drug-likeness (QED) is 0.621. The van der Waals surface area contributed by atoms with Crippen LogP contribution in [0.25, 0.3) is 6.08 Å². The molecular formula is C18H18O2. The van der Waals surface area contributed by atoms with E-state index in [2.05, 4.69) is 0 Å². The third-order valence-corrected chi connectivity index (χ3v) is 2.66. The molecule has 0 aliphatic heterocycles. The Morgan fingerprint density at radius 3 is 1.55 bits per heavy atom. The highest BCUT2D eigenvalue weighted by Crippen LogP contribution is 2.03. The van der Waals surface area contributed by atoms with Gasteiger partial charge in [-0.05, 0) is 25.5 Å². The fraction of sp³-hybridized carbons (Fsp3) is 0.111. The summed E-state index contributed by atoms with van der Waals surface area (Å²) in [6, 6.07) is 15.5. The molecule has 0 saturated carbocycles. The third-order valence-electron chi connectivity index (χ3n) is 2.66. The van der Waals surface area contributed by atoms with Crippen LogP contribution in [0.2, 0.25) is 0 Å². The molecule has 20 heavy (non-hydrogen) atoms. The Labute approximate surface area is 119 Å². The summed E-state index contributed by atoms with van der Waals surface area (Å²) >= 11 is 0. The van der Waals surface area contributed by atoms with Gasteiger partial charge in [-0.1, -0.05) is 65.7 Å². The van der Waals surface area contributed by atoms with Crippen LogP contribution < -0.4 is 0 Å². The van der Waals surface area contributed by atoms with Crippen LogP contribution >= 0.6 is 0 Å². The monoisotopic (exact) mass is 266 g/mol. The molecule has 0 fully saturated rings. The number of carbonyl (C=O) groups is 2. The Kier molecular flexibility index (Phi) is 6.69. The number of carbonyl (C=O) groups excluding carboxylic acids is 2. The van der Waals surface area contributed by atoms with Gasteiger partial charge in [0.25, 0.3) is 0 Å². The first kappa shape index (κ1) is 15.6. The lowest BCUT2D eigenvalue weighted by Gasteiger charge is -1.92. The Morgan fingerprint density at radius 1 is 0.700 bits per heavy atom. The molecule has 0 N–H and O–H groups in total. The van der Waals surface area contributed by atoms with E-state index in [1.54, 1.807) is 6.08 Å². The lowest BCUT2D eigenvalue weighted by molar-refractivity contribution is -0.104. The summed E-state index contributed by atoms with van der Waals surface area (Å²) in [7, 11) is 0. The van der Waals surface area contributed by atoms with Crippen molar-refractivity contribution in [3.05, 3.63) is 76.9 Å². The third kappa shape index (κ3) is 5.91. The zero-order valence-electron chi connectivity index (χ0n) is 11.7. The van der Waals surface area contributed by atoms with Gasteiger partial charge < -0.3 is 0 Å². The SMILES string of the molecule is Cc1ccc(/C=C/C=O)cc1.Cc1ccc(C=O)cc1. The van der Waals surface area contributed by atoms with Crippen molar-refractivity contribution in [1.82, 2.24) is 0 Å². The first-order valence-corrected chi connectivity index (χ1v) is 6.36. The summed E-state index contributed by atoms with van der Waals surface area (Å²) < 4.78 is 0. The molecule has 0 saturated heterocycles. The molecule has 0 bridgehead atoms. The van der Waals surface area contributed by atoms with E-state index in [-0.39, 0.29) is 0 Å². The van der Waals surface area contributed by atoms with Crippen LogP contribution in [-0.4, -0.2) is 12.6 Å². The summed E-state index contributed by atoms with van der Waals surface area (Å²) in [5.74, 6) is 0. The second kappa shape index (κ2) is 8.59. The second-order valence-electron chi connectivity index (χ2n) is 4.43. The van der Waals surface area contributed by atoms with E-state index < -0.39 is 0 Å². The van der Waals surface area contributed by atoms with Crippen LogP contribution in [0, 0.1) is 13.8 Å². The molecule has 0 heterocycles. The van der Waals surface area contributed by atoms with Crippen molar-refractivity contribution in [2.45, 2.75) is 13.8 Å². The highest BCUT2D eigenvalue weighted by Gasteiger charge is 1.85. The van der Waals surface area contributed by atoms with Gasteiger partial charge >= 0.3 is 0 Å². The Bertz CT molecular complexity index is 563. The van der Waals surface area contributed by atoms with Crippen LogP contribution in [0.4, 0.5) is 0 Å². The molecular weight excluding hydrogens is 248 g/mol. The summed E-state index contributed by atoms with van der Waals surface area (Å²) in [5, 5.41) is 0. The standard InChI is InChI=1S/C10H10O.C8H8O/c1-9-4-6-10(7-5-9)3-2-8-11;1-7-2-4-8(6-9)5-3-7/h2-8H,1H3;2-6H,1H3/b3-2+;. The van der Waals surface area contributed by atoms with Crippen molar-refractivity contribution in [2.24, 2.45) is 0 Å². The van der Waals surface area contributed by atoms with Gasteiger partial charge in [0.1, 0.15) is 12.6 Å². The minimum Gasteiger partial charge on any atom is -0.299 e. The smallest absolute Gasteiger partial charge is 0.150 e. The highest BCUT2D eigenvalue weighted by molar-refractivity contribution is 5.74. The van der Waals surface area contributed by atoms with Gasteiger partial charge in [0.05, 0.1) is 0 Å². The predicted octanol–water partition coefficient (Wildman–Crippen LogP) is 4.01. The normalized spacial score (nSPS) is 9.70. The van der Waals surface area contributed by atoms with Crippen LogP contribution in [-0.2, 0) is 4.79 Å². The Morgan fingerprint density at radius 2 is 1.15 bits per heavy atom. The van der Waals surface area contributed by atoms with Crippen molar-refractivity contribution < 1.29 is 9.59 Å². The number of benzene rings is 2. The van der Waals surface area contributed by atoms with Crippen LogP contribution in [0.15, 0.2) is 54.6 Å². The number of hydrogen-bond acceptors (Lipinski definition) is 2. The zero-order chi connectivity index (χ0) is 14.8. The first-order chi connectivity index (χ1) is 9.65. The van der Waals surface area contributed by atoms with Crippen molar-refractivity contribution in [3.8, 4) is 0 Å². The van der Waals surface area contributed by atoms with Gasteiger partial charge in [-0.15, -0.1) is 0 Å². The van der Waals surface area contributed by atoms with Gasteiger partial charge in [0.2, 0.25) is 0 Å². The van der Waals surface area contributed by atoms with Crippen molar-refractivity contribution in [3.63, 3.8) is 0 Å². The van der Waals surface area contributed by atoms with Crippen molar-refractivity contribution in [2.75, 3.05) is 0 Å². The lowest BCUT2D eigenvalue weighted by Crippen LogP contribution is -1.77. The van der Waals surface area contributed by atoms with Crippen molar-refractivity contribution >= 4 is 18.6 Å². The molecule has 2 aromatic rings. The average Bonchev–Trinajstić information content (AvgIpc) is 2.48. The summed E-state index contributed by atoms with van der Waals surface area (Å²) in [6.45, 7) is 4.03. The molecule has 2 nitrogen and oxygen atoms in total. The van der Waals surface area contributed by atoms with Crippen LogP contribution in [0.1, 0.15) is 27.0 Å². The molecule has 102 valence electrons. The van der Waals surface area contributed by atoms with Gasteiger partial charge in [0.15, 0.2) is 0 Å². The van der Waals surface area contributed by atoms with E-state index in [0.717, 1.165) is 23.7 Å². The van der Waals surface area contributed by atoms with Crippen LogP contribution in [0.3, 0.4) is 0 Å². The number of hydrogen-bond donors (Lipinski definition) is 0. The lowest BCUT2D eigenvalue weighted by atomic mass is 10.1. The molecule has 2 aromatic carbocycles. The average molecular weight is 266 g/mol. The van der Waals surface area contributed by atoms with Gasteiger partial charge in [0, 0.05) is 5.56 Å². The Hall–Kier alpha value is -2.48. The number of rotatable bonds is 3. The maximum absolute atomic E-state index is 10.1. The van der Waals surface area contributed by atoms with E-state index in [4.69, 9.17) is 0 Å². The molecule has 0 spiro atoms. The highest BCUT2D eigenvalue weighted by atomic mass is 16.1. The van der Waals surface area contributed by atoms with Crippen molar-refractivity contribution in [1.29, 1.82) is 0 Å². The Balaban J connectivity index is 0.000000204. The summed E-state index contributed by atoms with van der Waals surface area (Å²) in [5.41, 5.74) is 4.21. The van der Waals surface area contributed by atoms with E-state index in [1.165, 1.54) is 17.2 Å². The summed E-state index contributed by atoms with van der Waals surface area (Å²) in [6.07, 6.45) is 4.90. The molecule has 2 heteroatoms. The molecule has 0 unspecified atom stereocenters. The largest absolute Gasteiger partial charge is 0.299 e. The fourth-order valence-electron chi connectivity index (χ4n) is 1.47. The zero-order valence-corrected chi connectivity index (χ0v) is 11.7. The topological polar surface area (TPSA) is 34.1 Å². The van der Waals surface area contributed by atoms with E-state index >= 15 is 0 Å². The molecule has 0 aliphatic rings. The van der Waals surface area contributed by atoms with Gasteiger partial charge in [-0.3, -0.25) is 9.59 Å². The van der Waals surface area contributed by atoms with Crippen LogP contribution in [0.5, 0.6) is 0 Å².